The molecule has 1 radical (unpaired) electrons. The van der Waals surface area contributed by atoms with Crippen LogP contribution in [-0.4, -0.2) is 43.4 Å². The first-order valence-corrected chi connectivity index (χ1v) is 4.91. The number of hydrogen-bond donors (Lipinski definition) is 0. The second kappa shape index (κ2) is 10.4. The summed E-state index contributed by atoms with van der Waals surface area (Å²) in [5.74, 6) is 0. The summed E-state index contributed by atoms with van der Waals surface area (Å²) in [6, 6.07) is 0. The topological polar surface area (TPSA) is 3.24 Å². The fourth-order valence-corrected chi connectivity index (χ4v) is 1.21. The molecule has 73 valence electrons. The van der Waals surface area contributed by atoms with Crippen LogP contribution in [-0.2, 0) is 0 Å². The summed E-state index contributed by atoms with van der Waals surface area (Å²) in [4.78, 5) is 2.47. The maximum absolute atomic E-state index is 3.87. The van der Waals surface area contributed by atoms with Crippen molar-refractivity contribution >= 4 is 18.9 Å². The van der Waals surface area contributed by atoms with Crippen molar-refractivity contribution in [3.05, 3.63) is 18.6 Å². The predicted molar refractivity (Wildman–Crippen MR) is 63.3 cm³/mol. The summed E-state index contributed by atoms with van der Waals surface area (Å²) in [5, 5.41) is 0. The van der Waals surface area contributed by atoms with Gasteiger partial charge in [-0.05, 0) is 39.8 Å². The van der Waals surface area contributed by atoms with Crippen molar-refractivity contribution in [2.75, 3.05) is 19.6 Å². The molecule has 0 aromatic carbocycles. The van der Waals surface area contributed by atoms with Crippen molar-refractivity contribution in [3.8, 4) is 0 Å². The van der Waals surface area contributed by atoms with Gasteiger partial charge in [0.1, 0.15) is 0 Å². The van der Waals surface area contributed by atoms with E-state index in [2.05, 4.69) is 38.7 Å². The molecule has 0 heterocycles. The van der Waals surface area contributed by atoms with Gasteiger partial charge < -0.3 is 0 Å². The van der Waals surface area contributed by atoms with E-state index in [1.807, 2.05) is 0 Å². The first-order valence-electron chi connectivity index (χ1n) is 4.91. The first kappa shape index (κ1) is 15.8. The van der Waals surface area contributed by atoms with Crippen LogP contribution in [0.2, 0.25) is 0 Å². The van der Waals surface area contributed by atoms with Crippen molar-refractivity contribution in [2.45, 2.75) is 33.6 Å². The van der Waals surface area contributed by atoms with E-state index in [0.29, 0.717) is 0 Å². The number of hydrogen-bond acceptors (Lipinski definition) is 1. The van der Waals surface area contributed by atoms with Crippen molar-refractivity contribution in [3.63, 3.8) is 0 Å². The Hall–Kier alpha value is 0.297. The van der Waals surface area contributed by atoms with Gasteiger partial charge in [-0.3, -0.25) is 4.90 Å². The van der Waals surface area contributed by atoms with Crippen LogP contribution in [0.25, 0.3) is 0 Å². The summed E-state index contributed by atoms with van der Waals surface area (Å²) in [7, 11) is 0. The van der Waals surface area contributed by atoms with Crippen LogP contribution in [0.1, 0.15) is 33.6 Å². The van der Waals surface area contributed by atoms with Crippen molar-refractivity contribution in [1.29, 1.82) is 0 Å². The number of allylic oxidation sites excluding steroid dienone is 1. The van der Waals surface area contributed by atoms with E-state index < -0.39 is 0 Å². The van der Waals surface area contributed by atoms with Crippen LogP contribution in [0.15, 0.2) is 11.6 Å². The monoisotopic (exact) mass is 176 g/mol. The van der Waals surface area contributed by atoms with Gasteiger partial charge in [-0.25, -0.2) is 0 Å². The SMILES string of the molecule is [CH2]C(C)=CCN(CCC)CCC.[LiH]. The molecule has 0 aliphatic carbocycles. The number of rotatable bonds is 6. The Bertz CT molecular complexity index is 122. The van der Waals surface area contributed by atoms with Gasteiger partial charge in [0.15, 0.2) is 0 Å². The van der Waals surface area contributed by atoms with Crippen LogP contribution < -0.4 is 0 Å². The summed E-state index contributed by atoms with van der Waals surface area (Å²) in [5.41, 5.74) is 1.17. The molecule has 2 heteroatoms. The molecule has 0 amide bonds. The molecule has 1 nitrogen and oxygen atoms in total. The molecular formula is C11H23LiN. The second-order valence-electron chi connectivity index (χ2n) is 3.35. The van der Waals surface area contributed by atoms with Crippen LogP contribution in [0.3, 0.4) is 0 Å². The van der Waals surface area contributed by atoms with Gasteiger partial charge in [0.2, 0.25) is 0 Å². The third-order valence-electron chi connectivity index (χ3n) is 1.78. The molecule has 0 fully saturated rings. The molecule has 0 aromatic heterocycles. The van der Waals surface area contributed by atoms with Crippen molar-refractivity contribution in [1.82, 2.24) is 4.90 Å². The van der Waals surface area contributed by atoms with Gasteiger partial charge in [0.05, 0.1) is 0 Å². The summed E-state index contributed by atoms with van der Waals surface area (Å²) >= 11 is 0. The zero-order chi connectivity index (χ0) is 9.40. The second-order valence-corrected chi connectivity index (χ2v) is 3.35. The Morgan fingerprint density at radius 3 is 2.00 bits per heavy atom. The van der Waals surface area contributed by atoms with E-state index in [-0.39, 0.29) is 18.9 Å². The molecule has 0 saturated heterocycles. The fraction of sp³-hybridized carbons (Fsp3) is 0.727. The molecule has 0 unspecified atom stereocenters. The summed E-state index contributed by atoms with van der Waals surface area (Å²) < 4.78 is 0. The standard InChI is InChI=1S/C11H22N.Li.H/c1-5-8-12(9-6-2)10-7-11(3)4;;/h7H,3,5-6,8-10H2,1-2,4H3;;. The third kappa shape index (κ3) is 10.2. The van der Waals surface area contributed by atoms with E-state index in [9.17, 15) is 0 Å². The molecule has 0 spiro atoms. The van der Waals surface area contributed by atoms with E-state index in [4.69, 9.17) is 0 Å². The van der Waals surface area contributed by atoms with Gasteiger partial charge in [0.25, 0.3) is 0 Å². The van der Waals surface area contributed by atoms with Gasteiger partial charge in [-0.15, -0.1) is 0 Å². The predicted octanol–water partition coefficient (Wildman–Crippen LogP) is 2.24. The van der Waals surface area contributed by atoms with Crippen LogP contribution >= 0.6 is 0 Å². The van der Waals surface area contributed by atoms with Crippen LogP contribution in [0.5, 0.6) is 0 Å². The Kier molecular flexibility index (Phi) is 12.6. The molecule has 0 saturated carbocycles. The van der Waals surface area contributed by atoms with Gasteiger partial charge in [-0.2, -0.15) is 0 Å². The molecule has 0 bridgehead atoms. The van der Waals surface area contributed by atoms with Gasteiger partial charge in [0, 0.05) is 6.54 Å². The maximum atomic E-state index is 3.87. The molecule has 0 aromatic rings. The number of nitrogens with zero attached hydrogens (tertiary/aromatic N) is 1. The van der Waals surface area contributed by atoms with Crippen LogP contribution in [0.4, 0.5) is 0 Å². The molecule has 0 aliphatic rings. The van der Waals surface area contributed by atoms with E-state index in [0.717, 1.165) is 6.54 Å². The normalized spacial score (nSPS) is 11.6. The molecule has 0 N–H and O–H groups in total. The zero-order valence-corrected chi connectivity index (χ0v) is 8.77. The molecular weight excluding hydrogens is 153 g/mol. The molecule has 13 heavy (non-hydrogen) atoms. The third-order valence-corrected chi connectivity index (χ3v) is 1.78. The van der Waals surface area contributed by atoms with Gasteiger partial charge in [-0.1, -0.05) is 25.5 Å². The molecule has 0 rings (SSSR count). The minimum absolute atomic E-state index is 0. The first-order chi connectivity index (χ1) is 5.70. The van der Waals surface area contributed by atoms with Gasteiger partial charge >= 0.3 is 18.9 Å². The average Bonchev–Trinajstić information content (AvgIpc) is 2.01. The quantitative estimate of drug-likeness (QED) is 0.561. The molecule has 0 atom stereocenters. The summed E-state index contributed by atoms with van der Waals surface area (Å²) in [6.45, 7) is 13.8. The van der Waals surface area contributed by atoms with E-state index in [1.165, 1.54) is 31.5 Å². The van der Waals surface area contributed by atoms with Crippen molar-refractivity contribution in [2.24, 2.45) is 0 Å². The average molecular weight is 176 g/mol. The van der Waals surface area contributed by atoms with E-state index >= 15 is 0 Å². The Morgan fingerprint density at radius 2 is 1.69 bits per heavy atom. The Labute approximate surface area is 95.8 Å². The summed E-state index contributed by atoms with van der Waals surface area (Å²) in [6.07, 6.45) is 4.68. The molecule has 0 aliphatic heterocycles. The van der Waals surface area contributed by atoms with Crippen LogP contribution in [0, 0.1) is 6.92 Å². The van der Waals surface area contributed by atoms with E-state index in [1.54, 1.807) is 0 Å². The Balaban J connectivity index is 0. The minimum atomic E-state index is 0. The Morgan fingerprint density at radius 1 is 1.23 bits per heavy atom. The van der Waals surface area contributed by atoms with Crippen molar-refractivity contribution < 1.29 is 0 Å². The fourth-order valence-electron chi connectivity index (χ4n) is 1.21. The zero-order valence-electron chi connectivity index (χ0n) is 8.77.